The highest BCUT2D eigenvalue weighted by Crippen LogP contribution is 2.56. The van der Waals surface area contributed by atoms with Crippen molar-refractivity contribution in [2.45, 2.75) is 74.8 Å². The lowest BCUT2D eigenvalue weighted by Gasteiger charge is -2.40. The molecule has 2 fully saturated rings. The maximum absolute atomic E-state index is 12.7. The maximum Gasteiger partial charge on any atom is 0.372 e. The van der Waals surface area contributed by atoms with Crippen molar-refractivity contribution in [3.8, 4) is 0 Å². The van der Waals surface area contributed by atoms with Gasteiger partial charge in [0.05, 0.1) is 0 Å². The minimum atomic E-state index is -5.22. The molecule has 11 heteroatoms. The van der Waals surface area contributed by atoms with Crippen molar-refractivity contribution in [3.63, 3.8) is 0 Å². The topological polar surface area (TPSA) is 0 Å². The molecule has 0 radical (unpaired) electrons. The Morgan fingerprint density at radius 3 is 1.29 bits per heavy atom. The SMILES string of the molecule is CC1(F)CCC(F)(F)C1(F)F.CC1CCC(F)(F)C(F)(F)C1(F)F. The summed E-state index contributed by atoms with van der Waals surface area (Å²) in [5, 5.41) is 0. The van der Waals surface area contributed by atoms with E-state index in [1.54, 1.807) is 0 Å². The summed E-state index contributed by atoms with van der Waals surface area (Å²) in [5.74, 6) is -24.8. The molecule has 0 saturated heterocycles. The average molecular weight is 380 g/mol. The van der Waals surface area contributed by atoms with Crippen LogP contribution in [0.4, 0.5) is 48.3 Å². The van der Waals surface area contributed by atoms with Gasteiger partial charge in [-0.3, -0.25) is 0 Å². The van der Waals surface area contributed by atoms with E-state index in [0.717, 1.165) is 6.92 Å². The molecule has 2 aliphatic rings. The van der Waals surface area contributed by atoms with Gasteiger partial charge in [-0.2, -0.15) is 43.9 Å². The first-order valence-corrected chi connectivity index (χ1v) is 6.91. The van der Waals surface area contributed by atoms with Crippen LogP contribution in [0.5, 0.6) is 0 Å². The van der Waals surface area contributed by atoms with E-state index < -0.39 is 66.9 Å². The lowest BCUT2D eigenvalue weighted by atomic mass is 9.81. The van der Waals surface area contributed by atoms with Crippen LogP contribution in [-0.4, -0.2) is 35.3 Å². The van der Waals surface area contributed by atoms with Gasteiger partial charge in [0.25, 0.3) is 0 Å². The normalized spacial score (nSPS) is 38.1. The summed E-state index contributed by atoms with van der Waals surface area (Å²) in [7, 11) is 0. The van der Waals surface area contributed by atoms with Gasteiger partial charge in [-0.05, 0) is 19.8 Å². The van der Waals surface area contributed by atoms with E-state index in [2.05, 4.69) is 0 Å². The van der Waals surface area contributed by atoms with Gasteiger partial charge < -0.3 is 0 Å². The van der Waals surface area contributed by atoms with E-state index >= 15 is 0 Å². The van der Waals surface area contributed by atoms with E-state index in [-0.39, 0.29) is 0 Å². The molecule has 0 aromatic heterocycles. The predicted molar refractivity (Wildman–Crippen MR) is 61.9 cm³/mol. The van der Waals surface area contributed by atoms with Gasteiger partial charge in [0.15, 0.2) is 5.67 Å². The molecule has 0 spiro atoms. The fourth-order valence-corrected chi connectivity index (χ4v) is 2.38. The Bertz CT molecular complexity index is 449. The summed E-state index contributed by atoms with van der Waals surface area (Å²) in [6.45, 7) is 1.36. The Hall–Kier alpha value is -0.770. The first-order chi connectivity index (χ1) is 10.3. The Morgan fingerprint density at radius 2 is 1.04 bits per heavy atom. The third kappa shape index (κ3) is 2.95. The summed E-state index contributed by atoms with van der Waals surface area (Å²) in [6.07, 6.45) is -3.63. The van der Waals surface area contributed by atoms with Crippen LogP contribution >= 0.6 is 0 Å². The number of hydrogen-bond donors (Lipinski definition) is 0. The quantitative estimate of drug-likeness (QED) is 0.446. The predicted octanol–water partition coefficient (Wildman–Crippen LogP) is 6.10. The fraction of sp³-hybridized carbons (Fsp3) is 1.00. The number of hydrogen-bond acceptors (Lipinski definition) is 0. The molecule has 2 aliphatic carbocycles. The minimum Gasteiger partial charge on any atom is -0.237 e. The van der Waals surface area contributed by atoms with Crippen LogP contribution < -0.4 is 0 Å². The summed E-state index contributed by atoms with van der Waals surface area (Å²) >= 11 is 0. The Balaban J connectivity index is 0.000000243. The third-order valence-corrected chi connectivity index (χ3v) is 4.41. The van der Waals surface area contributed by atoms with Gasteiger partial charge in [0, 0.05) is 18.8 Å². The molecular formula is C13H15F11. The second-order valence-electron chi connectivity index (χ2n) is 6.32. The molecule has 24 heavy (non-hydrogen) atoms. The van der Waals surface area contributed by atoms with Gasteiger partial charge in [0.2, 0.25) is 0 Å². The molecule has 144 valence electrons. The van der Waals surface area contributed by atoms with Crippen molar-refractivity contribution >= 4 is 0 Å². The van der Waals surface area contributed by atoms with Crippen LogP contribution in [0, 0.1) is 5.92 Å². The highest BCUT2D eigenvalue weighted by Gasteiger charge is 2.75. The zero-order valence-corrected chi connectivity index (χ0v) is 12.6. The zero-order chi connectivity index (χ0) is 19.4. The number of rotatable bonds is 0. The molecule has 2 atom stereocenters. The molecule has 0 heterocycles. The molecule has 0 bridgehead atoms. The largest absolute Gasteiger partial charge is 0.372 e. The summed E-state index contributed by atoms with van der Waals surface area (Å²) in [4.78, 5) is 0. The van der Waals surface area contributed by atoms with Gasteiger partial charge in [0.1, 0.15) is 0 Å². The second-order valence-corrected chi connectivity index (χ2v) is 6.32. The standard InChI is InChI=1S/C7H8F6.C6H7F5/c1-4-2-3-5(8,9)7(12,13)6(4,10)11;1-4(7)2-3-5(8,9)6(4,10)11/h4H,2-3H2,1H3;2-3H2,1H3. The van der Waals surface area contributed by atoms with Crippen molar-refractivity contribution < 1.29 is 48.3 Å². The lowest BCUT2D eigenvalue weighted by molar-refractivity contribution is -0.344. The number of alkyl halides is 11. The highest BCUT2D eigenvalue weighted by molar-refractivity contribution is 5.06. The van der Waals surface area contributed by atoms with Crippen LogP contribution in [0.25, 0.3) is 0 Å². The van der Waals surface area contributed by atoms with E-state index in [4.69, 9.17) is 0 Å². The highest BCUT2D eigenvalue weighted by atomic mass is 19.3. The second kappa shape index (κ2) is 5.62. The fourth-order valence-electron chi connectivity index (χ4n) is 2.38. The molecule has 0 aliphatic heterocycles. The molecule has 0 aromatic rings. The van der Waals surface area contributed by atoms with Crippen molar-refractivity contribution in [2.75, 3.05) is 0 Å². The van der Waals surface area contributed by atoms with E-state index in [1.165, 1.54) is 0 Å². The summed E-state index contributed by atoms with van der Waals surface area (Å²) in [5.41, 5.74) is -3.06. The first kappa shape index (κ1) is 21.3. The van der Waals surface area contributed by atoms with E-state index in [1.807, 2.05) is 0 Å². The molecule has 0 amide bonds. The van der Waals surface area contributed by atoms with Crippen molar-refractivity contribution in [2.24, 2.45) is 5.92 Å². The molecule has 2 saturated carbocycles. The van der Waals surface area contributed by atoms with Gasteiger partial charge >= 0.3 is 29.6 Å². The zero-order valence-electron chi connectivity index (χ0n) is 12.6. The van der Waals surface area contributed by atoms with E-state index in [0.29, 0.717) is 6.92 Å². The lowest BCUT2D eigenvalue weighted by Crippen LogP contribution is -2.60. The van der Waals surface area contributed by atoms with Crippen molar-refractivity contribution in [1.29, 1.82) is 0 Å². The van der Waals surface area contributed by atoms with Crippen LogP contribution in [0.2, 0.25) is 0 Å². The molecule has 2 rings (SSSR count). The van der Waals surface area contributed by atoms with Crippen LogP contribution in [0.15, 0.2) is 0 Å². The number of halogens is 11. The Kier molecular flexibility index (Phi) is 4.98. The first-order valence-electron chi connectivity index (χ1n) is 6.91. The molecular weight excluding hydrogens is 365 g/mol. The summed E-state index contributed by atoms with van der Waals surface area (Å²) < 4.78 is 137. The average Bonchev–Trinajstić information content (AvgIpc) is 2.55. The monoisotopic (exact) mass is 380 g/mol. The van der Waals surface area contributed by atoms with Crippen LogP contribution in [-0.2, 0) is 0 Å². The summed E-state index contributed by atoms with van der Waals surface area (Å²) in [6, 6.07) is 0. The molecule has 0 nitrogen and oxygen atoms in total. The van der Waals surface area contributed by atoms with Gasteiger partial charge in [-0.1, -0.05) is 6.92 Å². The van der Waals surface area contributed by atoms with Gasteiger partial charge in [-0.15, -0.1) is 0 Å². The van der Waals surface area contributed by atoms with E-state index in [9.17, 15) is 48.3 Å². The molecule has 0 aromatic carbocycles. The van der Waals surface area contributed by atoms with Crippen molar-refractivity contribution in [3.05, 3.63) is 0 Å². The van der Waals surface area contributed by atoms with Crippen LogP contribution in [0.3, 0.4) is 0 Å². The Labute approximate surface area is 130 Å². The Morgan fingerprint density at radius 1 is 0.625 bits per heavy atom. The van der Waals surface area contributed by atoms with Crippen molar-refractivity contribution in [1.82, 2.24) is 0 Å². The minimum absolute atomic E-state index is 0.508. The third-order valence-electron chi connectivity index (χ3n) is 4.41. The molecule has 0 N–H and O–H groups in total. The smallest absolute Gasteiger partial charge is 0.237 e. The maximum atomic E-state index is 12.7. The van der Waals surface area contributed by atoms with Crippen LogP contribution in [0.1, 0.15) is 39.5 Å². The molecule has 2 unspecified atom stereocenters. The van der Waals surface area contributed by atoms with Gasteiger partial charge in [-0.25, -0.2) is 4.39 Å².